The van der Waals surface area contributed by atoms with Crippen LogP contribution >= 0.6 is 15.9 Å². The Morgan fingerprint density at radius 1 is 1.44 bits per heavy atom. The molecule has 1 aromatic rings. The molecule has 0 saturated carbocycles. The molecule has 18 heavy (non-hydrogen) atoms. The lowest BCUT2D eigenvalue weighted by Gasteiger charge is -2.30. The van der Waals surface area contributed by atoms with Gasteiger partial charge in [0.15, 0.2) is 0 Å². The Morgan fingerprint density at radius 3 is 2.44 bits per heavy atom. The minimum Gasteiger partial charge on any atom is -0.389 e. The highest BCUT2D eigenvalue weighted by Crippen LogP contribution is 2.28. The molecule has 0 aliphatic heterocycles. The fourth-order valence-electron chi connectivity index (χ4n) is 1.93. The molecule has 0 amide bonds. The molecule has 0 aliphatic carbocycles. The van der Waals surface area contributed by atoms with Crippen molar-refractivity contribution in [3.63, 3.8) is 0 Å². The van der Waals surface area contributed by atoms with E-state index in [0.717, 1.165) is 22.3 Å². The van der Waals surface area contributed by atoms with E-state index in [1.54, 1.807) is 0 Å². The van der Waals surface area contributed by atoms with Gasteiger partial charge in [0.2, 0.25) is 0 Å². The number of anilines is 1. The van der Waals surface area contributed by atoms with Crippen molar-refractivity contribution in [2.75, 3.05) is 18.0 Å². The highest BCUT2D eigenvalue weighted by atomic mass is 79.9. The summed E-state index contributed by atoms with van der Waals surface area (Å²) in [6, 6.07) is 6.17. The molecular formula is C14H23BrN2O. The molecule has 1 atom stereocenters. The molecule has 0 spiro atoms. The second kappa shape index (κ2) is 6.04. The van der Waals surface area contributed by atoms with E-state index < -0.39 is 5.60 Å². The maximum Gasteiger partial charge on any atom is 0.0765 e. The van der Waals surface area contributed by atoms with Crippen LogP contribution in [0.2, 0.25) is 0 Å². The van der Waals surface area contributed by atoms with Crippen LogP contribution < -0.4 is 10.6 Å². The molecule has 4 heteroatoms. The van der Waals surface area contributed by atoms with Crippen LogP contribution in [0.1, 0.15) is 39.3 Å². The Balaban J connectivity index is 2.98. The van der Waals surface area contributed by atoms with E-state index >= 15 is 0 Å². The van der Waals surface area contributed by atoms with E-state index in [1.807, 2.05) is 26.8 Å². The molecule has 0 fully saturated rings. The fraction of sp³-hybridized carbons (Fsp3) is 0.571. The third-order valence-electron chi connectivity index (χ3n) is 2.80. The fourth-order valence-corrected chi connectivity index (χ4v) is 2.66. The van der Waals surface area contributed by atoms with Crippen LogP contribution in [0.5, 0.6) is 0 Å². The topological polar surface area (TPSA) is 49.5 Å². The Morgan fingerprint density at radius 2 is 2.06 bits per heavy atom. The predicted octanol–water partition coefficient (Wildman–Crippen LogP) is 3.07. The lowest BCUT2D eigenvalue weighted by atomic mass is 10.1. The third-order valence-corrected chi connectivity index (χ3v) is 3.49. The molecular weight excluding hydrogens is 292 g/mol. The summed E-state index contributed by atoms with van der Waals surface area (Å²) in [4.78, 5) is 2.15. The van der Waals surface area contributed by atoms with Gasteiger partial charge in [-0.15, -0.1) is 0 Å². The van der Waals surface area contributed by atoms with Gasteiger partial charge in [-0.3, -0.25) is 0 Å². The molecule has 0 aliphatic rings. The summed E-state index contributed by atoms with van der Waals surface area (Å²) in [5.41, 5.74) is 7.37. The first kappa shape index (κ1) is 15.5. The maximum atomic E-state index is 9.92. The smallest absolute Gasteiger partial charge is 0.0765 e. The lowest BCUT2D eigenvalue weighted by molar-refractivity contribution is 0.0876. The van der Waals surface area contributed by atoms with Crippen molar-refractivity contribution in [3.8, 4) is 0 Å². The number of likely N-dealkylation sites (N-methyl/N-ethyl adjacent to an activating group) is 1. The molecule has 0 heterocycles. The number of nitrogens with zero attached hydrogens (tertiary/aromatic N) is 1. The summed E-state index contributed by atoms with van der Waals surface area (Å²) >= 11 is 3.56. The number of rotatable bonds is 5. The highest BCUT2D eigenvalue weighted by Gasteiger charge is 2.18. The summed E-state index contributed by atoms with van der Waals surface area (Å²) in [5, 5.41) is 9.92. The summed E-state index contributed by atoms with van der Waals surface area (Å²) in [7, 11) is 0. The van der Waals surface area contributed by atoms with Gasteiger partial charge in [0, 0.05) is 29.3 Å². The average molecular weight is 315 g/mol. The van der Waals surface area contributed by atoms with E-state index in [-0.39, 0.29) is 6.04 Å². The Hall–Kier alpha value is -0.580. The second-order valence-corrected chi connectivity index (χ2v) is 6.18. The molecule has 1 aromatic carbocycles. The normalized spacial score (nSPS) is 13.5. The van der Waals surface area contributed by atoms with Gasteiger partial charge in [-0.05, 0) is 45.4 Å². The van der Waals surface area contributed by atoms with Crippen LogP contribution in [0, 0.1) is 0 Å². The average Bonchev–Trinajstić information content (AvgIpc) is 2.24. The quantitative estimate of drug-likeness (QED) is 0.878. The molecule has 0 bridgehead atoms. The maximum absolute atomic E-state index is 9.92. The zero-order valence-electron chi connectivity index (χ0n) is 11.6. The molecule has 3 nitrogen and oxygen atoms in total. The molecule has 102 valence electrons. The van der Waals surface area contributed by atoms with Crippen LogP contribution in [-0.2, 0) is 0 Å². The molecule has 0 aromatic heterocycles. The van der Waals surface area contributed by atoms with Gasteiger partial charge in [0.05, 0.1) is 5.60 Å². The third kappa shape index (κ3) is 4.26. The number of halogens is 1. The number of hydrogen-bond donors (Lipinski definition) is 2. The first-order valence-electron chi connectivity index (χ1n) is 6.27. The van der Waals surface area contributed by atoms with Crippen molar-refractivity contribution in [1.29, 1.82) is 0 Å². The van der Waals surface area contributed by atoms with Crippen LogP contribution in [0.25, 0.3) is 0 Å². The summed E-state index contributed by atoms with van der Waals surface area (Å²) < 4.78 is 1.02. The van der Waals surface area contributed by atoms with E-state index in [9.17, 15) is 5.11 Å². The van der Waals surface area contributed by atoms with E-state index in [2.05, 4.69) is 39.9 Å². The number of hydrogen-bond acceptors (Lipinski definition) is 3. The Bertz CT molecular complexity index is 399. The molecule has 0 radical (unpaired) electrons. The Kier molecular flexibility index (Phi) is 5.20. The zero-order chi connectivity index (χ0) is 13.9. The SMILES string of the molecule is CCN(CC(C)(C)O)c1ccc([C@@H](C)N)c(Br)c1. The largest absolute Gasteiger partial charge is 0.389 e. The summed E-state index contributed by atoms with van der Waals surface area (Å²) in [6.07, 6.45) is 0. The van der Waals surface area contributed by atoms with Crippen molar-refractivity contribution in [2.24, 2.45) is 5.73 Å². The van der Waals surface area contributed by atoms with Crippen LogP contribution in [0.4, 0.5) is 5.69 Å². The monoisotopic (exact) mass is 314 g/mol. The highest BCUT2D eigenvalue weighted by molar-refractivity contribution is 9.10. The standard InChI is InChI=1S/C14H23BrN2O/c1-5-17(9-14(3,4)18)11-6-7-12(10(2)16)13(15)8-11/h6-8,10,18H,5,9,16H2,1-4H3/t10-/m1/s1. The van der Waals surface area contributed by atoms with E-state index in [1.165, 1.54) is 0 Å². The molecule has 0 saturated heterocycles. The van der Waals surface area contributed by atoms with Crippen molar-refractivity contribution in [3.05, 3.63) is 28.2 Å². The van der Waals surface area contributed by atoms with Crippen molar-refractivity contribution in [1.82, 2.24) is 0 Å². The first-order valence-corrected chi connectivity index (χ1v) is 7.06. The zero-order valence-corrected chi connectivity index (χ0v) is 13.2. The Labute approximate surface area is 118 Å². The van der Waals surface area contributed by atoms with Gasteiger partial charge >= 0.3 is 0 Å². The summed E-state index contributed by atoms with van der Waals surface area (Å²) in [5.74, 6) is 0. The molecule has 1 rings (SSSR count). The molecule has 3 N–H and O–H groups in total. The first-order chi connectivity index (χ1) is 8.24. The van der Waals surface area contributed by atoms with Crippen LogP contribution in [-0.4, -0.2) is 23.8 Å². The number of aliphatic hydroxyl groups is 1. The summed E-state index contributed by atoms with van der Waals surface area (Å²) in [6.45, 7) is 9.15. The van der Waals surface area contributed by atoms with Gasteiger partial charge < -0.3 is 15.7 Å². The lowest BCUT2D eigenvalue weighted by Crippen LogP contribution is -2.38. The molecule has 0 unspecified atom stereocenters. The van der Waals surface area contributed by atoms with E-state index in [4.69, 9.17) is 5.73 Å². The van der Waals surface area contributed by atoms with Gasteiger partial charge in [-0.2, -0.15) is 0 Å². The number of nitrogens with two attached hydrogens (primary N) is 1. The van der Waals surface area contributed by atoms with Crippen molar-refractivity contribution < 1.29 is 5.11 Å². The van der Waals surface area contributed by atoms with Crippen LogP contribution in [0.3, 0.4) is 0 Å². The number of benzene rings is 1. The van der Waals surface area contributed by atoms with Gasteiger partial charge in [0.25, 0.3) is 0 Å². The van der Waals surface area contributed by atoms with Gasteiger partial charge in [0.1, 0.15) is 0 Å². The van der Waals surface area contributed by atoms with E-state index in [0.29, 0.717) is 6.54 Å². The van der Waals surface area contributed by atoms with Gasteiger partial charge in [-0.1, -0.05) is 22.0 Å². The van der Waals surface area contributed by atoms with Crippen molar-refractivity contribution in [2.45, 2.75) is 39.3 Å². The van der Waals surface area contributed by atoms with Crippen LogP contribution in [0.15, 0.2) is 22.7 Å². The van der Waals surface area contributed by atoms with Crippen molar-refractivity contribution >= 4 is 21.6 Å². The minimum absolute atomic E-state index is 0.0118. The van der Waals surface area contributed by atoms with Gasteiger partial charge in [-0.25, -0.2) is 0 Å². The second-order valence-electron chi connectivity index (χ2n) is 5.32. The minimum atomic E-state index is -0.706. The predicted molar refractivity (Wildman–Crippen MR) is 80.9 cm³/mol.